The monoisotopic (exact) mass is 358 g/mol. The van der Waals surface area contributed by atoms with Crippen LogP contribution in [0.15, 0.2) is 36.2 Å². The third-order valence-corrected chi connectivity index (χ3v) is 5.49. The zero-order valence-electron chi connectivity index (χ0n) is 19.0. The highest BCUT2D eigenvalue weighted by atomic mass is 15.1. The second-order valence-corrected chi connectivity index (χ2v) is 7.57. The van der Waals surface area contributed by atoms with Crippen LogP contribution in [0, 0.1) is 20.7 Å². The number of hydrogen-bond acceptors (Lipinski definition) is 2. The molecule has 1 aliphatic rings. The van der Waals surface area contributed by atoms with E-state index in [4.69, 9.17) is 9.10 Å². The van der Waals surface area contributed by atoms with Gasteiger partial charge in [0.05, 0.1) is 23.5 Å². The van der Waals surface area contributed by atoms with Crippen LogP contribution in [0.3, 0.4) is 0 Å². The third-order valence-electron chi connectivity index (χ3n) is 5.49. The van der Waals surface area contributed by atoms with Crippen molar-refractivity contribution in [1.82, 2.24) is 14.5 Å². The molecule has 27 heavy (non-hydrogen) atoms. The van der Waals surface area contributed by atoms with Gasteiger partial charge in [-0.3, -0.25) is 0 Å². The molecule has 5 rings (SSSR count). The number of aryl methyl sites for hydroxylation is 3. The number of hydrogen-bond donors (Lipinski definition) is 0. The van der Waals surface area contributed by atoms with Crippen molar-refractivity contribution in [1.29, 1.82) is 0 Å². The van der Waals surface area contributed by atoms with Crippen LogP contribution in [0.5, 0.6) is 0 Å². The normalized spacial score (nSPS) is 15.6. The molecule has 0 saturated heterocycles. The second-order valence-electron chi connectivity index (χ2n) is 7.57. The Labute approximate surface area is 163 Å². The molecule has 4 nitrogen and oxygen atoms in total. The van der Waals surface area contributed by atoms with Crippen molar-refractivity contribution >= 4 is 28.1 Å². The average Bonchev–Trinajstić information content (AvgIpc) is 3.16. The molecule has 0 atom stereocenters. The van der Waals surface area contributed by atoms with E-state index in [0.717, 1.165) is 51.0 Å². The van der Waals surface area contributed by atoms with Gasteiger partial charge in [0, 0.05) is 22.3 Å². The van der Waals surface area contributed by atoms with Crippen molar-refractivity contribution in [2.75, 3.05) is 0 Å². The molecule has 134 valence electrons. The fraction of sp³-hybridized carbons (Fsp3) is 0.261. The van der Waals surface area contributed by atoms with E-state index in [1.54, 1.807) is 6.33 Å². The van der Waals surface area contributed by atoms with Gasteiger partial charge in [-0.15, -0.1) is 0 Å². The highest BCUT2D eigenvalue weighted by Crippen LogP contribution is 2.35. The number of allylic oxidation sites excluding steroid dienone is 1. The molecule has 0 unspecified atom stereocenters. The molecule has 0 saturated carbocycles. The molecular weight excluding hydrogens is 332 g/mol. The van der Waals surface area contributed by atoms with Gasteiger partial charge in [-0.1, -0.05) is 6.07 Å². The van der Waals surface area contributed by atoms with Gasteiger partial charge in [-0.2, -0.15) is 0 Å². The number of benzene rings is 2. The molecule has 0 radical (unpaired) electrons. The van der Waals surface area contributed by atoms with Crippen LogP contribution >= 0.6 is 0 Å². The lowest BCUT2D eigenvalue weighted by Gasteiger charge is -2.12. The molecule has 4 heteroatoms. The van der Waals surface area contributed by atoms with Crippen LogP contribution in [0.4, 0.5) is 0 Å². The Balaban J connectivity index is 1.94. The lowest BCUT2D eigenvalue weighted by molar-refractivity contribution is -0.662. The molecule has 0 amide bonds. The first kappa shape index (κ1) is 13.2. The number of fused-ring (bicyclic) bond motifs is 4. The maximum Gasteiger partial charge on any atom is 0.287 e. The Hall–Kier alpha value is -3.01. The number of rotatable bonds is 1. The maximum absolute atomic E-state index is 8.24. The highest BCUT2D eigenvalue weighted by Gasteiger charge is 2.23. The molecule has 2 aromatic heterocycles. The van der Waals surface area contributed by atoms with Crippen molar-refractivity contribution in [3.63, 3.8) is 0 Å². The zero-order chi connectivity index (χ0) is 21.4. The predicted molar refractivity (Wildman–Crippen MR) is 110 cm³/mol. The summed E-state index contributed by atoms with van der Waals surface area (Å²) in [5.74, 6) is 0.893. The summed E-state index contributed by atoms with van der Waals surface area (Å²) in [5, 5.41) is 0.998. The Morgan fingerprint density at radius 2 is 2.00 bits per heavy atom. The van der Waals surface area contributed by atoms with E-state index in [9.17, 15) is 0 Å². The van der Waals surface area contributed by atoms with Gasteiger partial charge in [0.2, 0.25) is 0 Å². The minimum Gasteiger partial charge on any atom is -0.303 e. The summed E-state index contributed by atoms with van der Waals surface area (Å²) in [5.41, 5.74) is 7.59. The highest BCUT2D eigenvalue weighted by molar-refractivity contribution is 5.96. The molecular formula is C23H23N4+. The second kappa shape index (κ2) is 5.49. The Morgan fingerprint density at radius 3 is 2.81 bits per heavy atom. The van der Waals surface area contributed by atoms with Crippen LogP contribution in [0.25, 0.3) is 39.4 Å². The van der Waals surface area contributed by atoms with Gasteiger partial charge in [-0.25, -0.2) is 9.55 Å². The molecule has 0 aliphatic carbocycles. The molecule has 4 aromatic rings. The predicted octanol–water partition coefficient (Wildman–Crippen LogP) is 4.42. The smallest absolute Gasteiger partial charge is 0.287 e. The quantitative estimate of drug-likeness (QED) is 0.472. The zero-order valence-corrected chi connectivity index (χ0v) is 16.0. The largest absolute Gasteiger partial charge is 0.303 e. The standard InChI is InChI=1S/C23H23N4/c1-13-6-7-17-19(8-13)24-12-26(5)23(17)18-10-20-22(16(4)15(18)3)25-21-9-14(2)11-27(20)21/h6-8,10-12H,9H2,1-5H3/q+1/i4D3. The first-order valence-electron chi connectivity index (χ1n) is 10.6. The molecule has 3 heterocycles. The van der Waals surface area contributed by atoms with E-state index in [0.29, 0.717) is 11.1 Å². The number of aromatic nitrogens is 4. The summed E-state index contributed by atoms with van der Waals surface area (Å²) in [6.45, 7) is 3.74. The van der Waals surface area contributed by atoms with Crippen molar-refractivity contribution < 1.29 is 8.68 Å². The van der Waals surface area contributed by atoms with Crippen molar-refractivity contribution in [2.24, 2.45) is 7.05 Å². The van der Waals surface area contributed by atoms with Gasteiger partial charge < -0.3 is 4.57 Å². The maximum atomic E-state index is 8.24. The van der Waals surface area contributed by atoms with Crippen LogP contribution in [-0.4, -0.2) is 14.5 Å². The summed E-state index contributed by atoms with van der Waals surface area (Å²) >= 11 is 0. The Bertz CT molecular complexity index is 1390. The van der Waals surface area contributed by atoms with E-state index in [1.807, 2.05) is 30.0 Å². The van der Waals surface area contributed by atoms with E-state index >= 15 is 0 Å². The lowest BCUT2D eigenvalue weighted by Crippen LogP contribution is -2.32. The van der Waals surface area contributed by atoms with Gasteiger partial charge >= 0.3 is 0 Å². The van der Waals surface area contributed by atoms with Crippen LogP contribution in [-0.2, 0) is 13.5 Å². The van der Waals surface area contributed by atoms with Gasteiger partial charge in [0.15, 0.2) is 5.52 Å². The minimum absolute atomic E-state index is 0.333. The summed E-state index contributed by atoms with van der Waals surface area (Å²) in [6.07, 6.45) is 4.59. The molecule has 0 bridgehead atoms. The first-order chi connectivity index (χ1) is 14.1. The van der Waals surface area contributed by atoms with E-state index in [-0.39, 0.29) is 0 Å². The van der Waals surface area contributed by atoms with Crippen LogP contribution < -0.4 is 4.57 Å². The number of nitrogens with zero attached hydrogens (tertiary/aromatic N) is 4. The van der Waals surface area contributed by atoms with Crippen molar-refractivity contribution in [3.8, 4) is 11.3 Å². The SMILES string of the molecule is [2H]C([2H])([2H])c1c(C)c(-c2c3ccc(C)cc3nc[n+]2C)cc2c1nc1n2C=C(C)C1. The van der Waals surface area contributed by atoms with Gasteiger partial charge in [0.25, 0.3) is 6.33 Å². The molecule has 2 aromatic carbocycles. The Morgan fingerprint density at radius 1 is 1.15 bits per heavy atom. The number of imidazole rings is 1. The van der Waals surface area contributed by atoms with Crippen LogP contribution in [0.2, 0.25) is 0 Å². The Kier molecular flexibility index (Phi) is 2.69. The fourth-order valence-corrected chi connectivity index (χ4v) is 4.08. The minimum atomic E-state index is -2.26. The van der Waals surface area contributed by atoms with E-state index in [2.05, 4.69) is 42.4 Å². The molecule has 1 aliphatic heterocycles. The lowest BCUT2D eigenvalue weighted by atomic mass is 9.96. The van der Waals surface area contributed by atoms with Crippen LogP contribution in [0.1, 0.15) is 33.6 Å². The summed E-state index contributed by atoms with van der Waals surface area (Å²) in [7, 11) is 1.95. The molecule has 0 spiro atoms. The summed E-state index contributed by atoms with van der Waals surface area (Å²) in [6, 6.07) is 8.27. The van der Waals surface area contributed by atoms with Gasteiger partial charge in [0.1, 0.15) is 11.5 Å². The first-order valence-corrected chi connectivity index (χ1v) is 9.12. The topological polar surface area (TPSA) is 34.6 Å². The van der Waals surface area contributed by atoms with E-state index in [1.165, 1.54) is 5.57 Å². The summed E-state index contributed by atoms with van der Waals surface area (Å²) in [4.78, 5) is 9.31. The van der Waals surface area contributed by atoms with Crippen molar-refractivity contribution in [2.45, 2.75) is 34.0 Å². The fourth-order valence-electron chi connectivity index (χ4n) is 4.08. The third kappa shape index (κ3) is 2.26. The molecule has 0 fully saturated rings. The average molecular weight is 358 g/mol. The van der Waals surface area contributed by atoms with Gasteiger partial charge in [-0.05, 0) is 73.1 Å². The van der Waals surface area contributed by atoms with E-state index < -0.39 is 6.85 Å². The summed E-state index contributed by atoms with van der Waals surface area (Å²) < 4.78 is 28.7. The van der Waals surface area contributed by atoms with Crippen molar-refractivity contribution in [3.05, 3.63) is 58.7 Å². The molecule has 0 N–H and O–H groups in total.